The number of fused-ring (bicyclic) bond motifs is 5. The van der Waals surface area contributed by atoms with Crippen molar-refractivity contribution in [2.24, 2.45) is 28.6 Å². The van der Waals surface area contributed by atoms with Crippen molar-refractivity contribution in [3.05, 3.63) is 35.1 Å². The van der Waals surface area contributed by atoms with Crippen molar-refractivity contribution < 1.29 is 24.2 Å². The Balaban J connectivity index is 1.85. The molecule has 3 fully saturated rings. The van der Waals surface area contributed by atoms with Crippen molar-refractivity contribution in [3.63, 3.8) is 0 Å². The number of rotatable bonds is 1. The smallest absolute Gasteiger partial charge is 0.184 e. The van der Waals surface area contributed by atoms with E-state index in [1.165, 1.54) is 12.2 Å². The summed E-state index contributed by atoms with van der Waals surface area (Å²) >= 11 is 0. The van der Waals surface area contributed by atoms with Gasteiger partial charge in [-0.3, -0.25) is 9.59 Å². The van der Waals surface area contributed by atoms with Gasteiger partial charge in [0.2, 0.25) is 0 Å². The predicted octanol–water partition coefficient (Wildman–Crippen LogP) is 3.61. The average molecular weight is 374 g/mol. The Labute approximate surface area is 158 Å². The predicted molar refractivity (Wildman–Crippen MR) is 98.6 cm³/mol. The van der Waals surface area contributed by atoms with Crippen LogP contribution in [0.1, 0.15) is 46.5 Å². The molecule has 2 N–H and O–H groups in total. The lowest BCUT2D eigenvalue weighted by Gasteiger charge is -2.61. The van der Waals surface area contributed by atoms with Crippen molar-refractivity contribution in [2.75, 3.05) is 0 Å². The lowest BCUT2D eigenvalue weighted by Crippen LogP contribution is -2.66. The Morgan fingerprint density at radius 1 is 1.33 bits per heavy atom. The van der Waals surface area contributed by atoms with Crippen LogP contribution in [0, 0.1) is 28.6 Å². The molecule has 3 saturated carbocycles. The van der Waals surface area contributed by atoms with Crippen molar-refractivity contribution in [1.29, 1.82) is 0 Å². The van der Waals surface area contributed by atoms with E-state index in [0.29, 0.717) is 31.1 Å². The van der Waals surface area contributed by atoms with E-state index in [2.05, 4.69) is 0 Å². The second-order valence-corrected chi connectivity index (χ2v) is 9.32. The molecule has 0 unspecified atom stereocenters. The van der Waals surface area contributed by atoms with Crippen LogP contribution in [0.2, 0.25) is 0 Å². The van der Waals surface area contributed by atoms with Crippen LogP contribution in [-0.4, -0.2) is 34.1 Å². The third kappa shape index (κ3) is 2.12. The molecular weight excluding hydrogens is 347 g/mol. The zero-order valence-electron chi connectivity index (χ0n) is 16.0. The minimum atomic E-state index is -1.87. The van der Waals surface area contributed by atoms with E-state index >= 15 is 4.39 Å². The lowest BCUT2D eigenvalue weighted by molar-refractivity contribution is -0.184. The van der Waals surface area contributed by atoms with E-state index in [4.69, 9.17) is 0 Å². The molecule has 27 heavy (non-hydrogen) atoms. The number of halogens is 1. The number of aliphatic hydroxyl groups is 2. The van der Waals surface area contributed by atoms with Crippen LogP contribution >= 0.6 is 0 Å². The second kappa shape index (κ2) is 5.63. The van der Waals surface area contributed by atoms with Gasteiger partial charge in [-0.2, -0.15) is 0 Å². The summed E-state index contributed by atoms with van der Waals surface area (Å²) in [5.74, 6) is -0.895. The molecule has 4 aliphatic carbocycles. The molecule has 4 nitrogen and oxygen atoms in total. The van der Waals surface area contributed by atoms with Gasteiger partial charge in [-0.25, -0.2) is 4.39 Å². The van der Waals surface area contributed by atoms with Crippen LogP contribution in [0.4, 0.5) is 4.39 Å². The first kappa shape index (κ1) is 18.6. The van der Waals surface area contributed by atoms with Gasteiger partial charge in [-0.15, -0.1) is 0 Å². The molecule has 4 aliphatic rings. The Morgan fingerprint density at radius 3 is 2.70 bits per heavy atom. The molecule has 146 valence electrons. The fourth-order valence-electron chi connectivity index (χ4n) is 6.97. The van der Waals surface area contributed by atoms with E-state index in [1.807, 2.05) is 13.8 Å². The molecule has 0 aliphatic heterocycles. The molecular formula is C22H27FO4. The van der Waals surface area contributed by atoms with Crippen LogP contribution < -0.4 is 0 Å². The number of hydrogen-bond acceptors (Lipinski definition) is 4. The van der Waals surface area contributed by atoms with Gasteiger partial charge in [0, 0.05) is 11.3 Å². The van der Waals surface area contributed by atoms with Crippen molar-refractivity contribution >= 4 is 12.1 Å². The molecule has 0 amide bonds. The van der Waals surface area contributed by atoms with Gasteiger partial charge < -0.3 is 10.2 Å². The summed E-state index contributed by atoms with van der Waals surface area (Å²) in [5, 5.41) is 21.3. The molecule has 0 radical (unpaired) electrons. The first-order chi connectivity index (χ1) is 12.6. The Hall–Kier alpha value is -1.75. The van der Waals surface area contributed by atoms with Crippen molar-refractivity contribution in [1.82, 2.24) is 0 Å². The van der Waals surface area contributed by atoms with Crippen LogP contribution in [0.3, 0.4) is 0 Å². The van der Waals surface area contributed by atoms with Gasteiger partial charge in [0.25, 0.3) is 0 Å². The maximum absolute atomic E-state index is 16.8. The van der Waals surface area contributed by atoms with Crippen LogP contribution in [0.25, 0.3) is 0 Å². The molecule has 0 saturated heterocycles. The van der Waals surface area contributed by atoms with Gasteiger partial charge in [0.1, 0.15) is 0 Å². The summed E-state index contributed by atoms with van der Waals surface area (Å²) in [7, 11) is 0. The van der Waals surface area contributed by atoms with Gasteiger partial charge in [0.15, 0.2) is 23.5 Å². The van der Waals surface area contributed by atoms with Crippen LogP contribution in [-0.2, 0) is 9.59 Å². The Kier molecular flexibility index (Phi) is 3.88. The van der Waals surface area contributed by atoms with Crippen LogP contribution in [0.5, 0.6) is 0 Å². The topological polar surface area (TPSA) is 74.6 Å². The fraction of sp³-hybridized carbons (Fsp3) is 0.636. The maximum atomic E-state index is 16.8. The van der Waals surface area contributed by atoms with Crippen molar-refractivity contribution in [2.45, 2.75) is 58.2 Å². The number of aldehydes is 1. The van der Waals surface area contributed by atoms with Crippen LogP contribution in [0.15, 0.2) is 35.1 Å². The first-order valence-electron chi connectivity index (χ1n) is 9.79. The summed E-state index contributed by atoms with van der Waals surface area (Å²) in [6.07, 6.45) is 5.82. The quantitative estimate of drug-likeness (QED) is 0.418. The monoisotopic (exact) mass is 374 g/mol. The fourth-order valence-corrected chi connectivity index (χ4v) is 6.97. The highest BCUT2D eigenvalue weighted by Gasteiger charge is 2.70. The Morgan fingerprint density at radius 2 is 2.04 bits per heavy atom. The number of allylic oxidation sites excluding steroid dienone is 6. The zero-order chi connectivity index (χ0) is 19.8. The maximum Gasteiger partial charge on any atom is 0.184 e. The number of aliphatic hydroxyl groups excluding tert-OH is 2. The molecule has 4 rings (SSSR count). The van der Waals surface area contributed by atoms with Gasteiger partial charge in [-0.1, -0.05) is 25.5 Å². The van der Waals surface area contributed by atoms with Gasteiger partial charge in [0.05, 0.1) is 6.10 Å². The van der Waals surface area contributed by atoms with E-state index in [-0.39, 0.29) is 29.8 Å². The third-order valence-electron chi connectivity index (χ3n) is 8.13. The highest BCUT2D eigenvalue weighted by atomic mass is 19.1. The normalized spacial score (nSPS) is 50.4. The molecule has 0 bridgehead atoms. The standard InChI is InChI=1S/C22H27FO4/c1-12-8-16-15-5-4-13-9-14(25)6-7-21(13,3)22(15,23)18(27)10-20(16,2)19(12)17(26)11-24/h6-7,9,11-12,15-16,18,26-27H,4-5,8,10H2,1-3H3/b19-17-/t12-,15-,16+,18-,20-,21-,22-/m0/s1. The minimum Gasteiger partial charge on any atom is -0.505 e. The molecule has 0 aromatic carbocycles. The highest BCUT2D eigenvalue weighted by molar-refractivity contribution is 6.01. The van der Waals surface area contributed by atoms with Crippen molar-refractivity contribution in [3.8, 4) is 0 Å². The molecule has 7 atom stereocenters. The third-order valence-corrected chi connectivity index (χ3v) is 8.13. The van der Waals surface area contributed by atoms with Gasteiger partial charge in [-0.05, 0) is 67.6 Å². The summed E-state index contributed by atoms with van der Waals surface area (Å²) in [4.78, 5) is 23.1. The Bertz CT molecular complexity index is 811. The number of ketones is 1. The summed E-state index contributed by atoms with van der Waals surface area (Å²) < 4.78 is 16.8. The molecule has 5 heteroatoms. The zero-order valence-corrected chi connectivity index (χ0v) is 16.0. The first-order valence-corrected chi connectivity index (χ1v) is 9.79. The lowest BCUT2D eigenvalue weighted by atomic mass is 9.45. The number of carbonyl (C=O) groups excluding carboxylic acids is 2. The minimum absolute atomic E-state index is 0.0343. The number of carbonyl (C=O) groups is 2. The van der Waals surface area contributed by atoms with E-state index in [1.54, 1.807) is 13.0 Å². The molecule has 0 heterocycles. The summed E-state index contributed by atoms with van der Waals surface area (Å²) in [6.45, 7) is 5.70. The number of alkyl halides is 1. The van der Waals surface area contributed by atoms with E-state index in [0.717, 1.165) is 5.57 Å². The SMILES string of the molecule is C[C@H]1C[C@@H]2[C@@H]3CCC4=CC(=O)C=C[C@]4(C)[C@@]3(F)[C@@H](O)C[C@]2(C)/C1=C(\O)C=O. The largest absolute Gasteiger partial charge is 0.505 e. The van der Waals surface area contributed by atoms with Gasteiger partial charge >= 0.3 is 0 Å². The second-order valence-electron chi connectivity index (χ2n) is 9.32. The molecule has 0 spiro atoms. The number of hydrogen-bond donors (Lipinski definition) is 2. The molecule has 0 aromatic heterocycles. The summed E-state index contributed by atoms with van der Waals surface area (Å²) in [6, 6.07) is 0. The van der Waals surface area contributed by atoms with E-state index in [9.17, 15) is 19.8 Å². The van der Waals surface area contributed by atoms with E-state index < -0.39 is 28.5 Å². The highest BCUT2D eigenvalue weighted by Crippen LogP contribution is 2.69. The average Bonchev–Trinajstić information content (AvgIpc) is 2.86. The summed E-state index contributed by atoms with van der Waals surface area (Å²) in [5.41, 5.74) is -2.06. The molecule has 0 aromatic rings.